The molecule has 90 valence electrons. The minimum atomic E-state index is -2.49. The van der Waals surface area contributed by atoms with Gasteiger partial charge in [-0.2, -0.15) is 0 Å². The Kier molecular flexibility index (Phi) is 2.99. The third-order valence-electron chi connectivity index (χ3n) is 2.33. The van der Waals surface area contributed by atoms with Crippen LogP contribution in [0.25, 0.3) is 11.4 Å². The molecule has 0 fully saturated rings. The molecule has 0 aliphatic rings. The molecule has 0 aliphatic carbocycles. The number of rotatable bonds is 3. The number of nitrogens with two attached hydrogens (primary N) is 1. The van der Waals surface area contributed by atoms with Gasteiger partial charge in [0, 0.05) is 11.3 Å². The summed E-state index contributed by atoms with van der Waals surface area (Å²) in [7, 11) is 0. The van der Waals surface area contributed by atoms with Crippen LogP contribution in [0.2, 0.25) is 0 Å². The molecule has 5 nitrogen and oxygen atoms in total. The van der Waals surface area contributed by atoms with E-state index < -0.39 is 13.0 Å². The van der Waals surface area contributed by atoms with E-state index >= 15 is 0 Å². The maximum Gasteiger partial charge on any atom is 0.258 e. The van der Waals surface area contributed by atoms with Crippen LogP contribution in [0.1, 0.15) is 5.56 Å². The van der Waals surface area contributed by atoms with Gasteiger partial charge in [-0.25, -0.2) is 13.5 Å². The zero-order valence-electron chi connectivity index (χ0n) is 9.14. The average molecular weight is 239 g/mol. The molecular weight excluding hydrogens is 228 g/mol. The lowest BCUT2D eigenvalue weighted by Gasteiger charge is -2.07. The Morgan fingerprint density at radius 1 is 1.41 bits per heavy atom. The molecule has 7 heteroatoms. The van der Waals surface area contributed by atoms with Gasteiger partial charge in [0.1, 0.15) is 6.54 Å². The Bertz CT molecular complexity index is 523. The monoisotopic (exact) mass is 239 g/mol. The lowest BCUT2D eigenvalue weighted by Crippen LogP contribution is -2.10. The minimum absolute atomic E-state index is 0.322. The highest BCUT2D eigenvalue weighted by Gasteiger charge is 2.14. The van der Waals surface area contributed by atoms with E-state index in [1.807, 2.05) is 6.92 Å². The molecule has 0 aliphatic heterocycles. The van der Waals surface area contributed by atoms with Crippen molar-refractivity contribution in [2.45, 2.75) is 19.9 Å². The van der Waals surface area contributed by atoms with Gasteiger partial charge in [0.2, 0.25) is 0 Å². The fourth-order valence-electron chi connectivity index (χ4n) is 1.59. The summed E-state index contributed by atoms with van der Waals surface area (Å²) in [6, 6.07) is 5.15. The number of aryl methyl sites for hydroxylation is 1. The summed E-state index contributed by atoms with van der Waals surface area (Å²) in [5.41, 5.74) is 7.77. The van der Waals surface area contributed by atoms with Crippen LogP contribution in [0.3, 0.4) is 0 Å². The lowest BCUT2D eigenvalue weighted by molar-refractivity contribution is 0.121. The summed E-state index contributed by atoms with van der Waals surface area (Å²) in [6.45, 7) is 1.30. The number of hydrogen-bond acceptors (Lipinski definition) is 4. The van der Waals surface area contributed by atoms with Gasteiger partial charge in [-0.05, 0) is 41.1 Å². The minimum Gasteiger partial charge on any atom is -0.399 e. The molecule has 1 heterocycles. The normalized spacial score (nSPS) is 11.1. The summed E-state index contributed by atoms with van der Waals surface area (Å²) < 4.78 is 25.7. The van der Waals surface area contributed by atoms with Crippen LogP contribution in [0.4, 0.5) is 14.5 Å². The summed E-state index contributed by atoms with van der Waals surface area (Å²) in [5, 5.41) is 10.7. The van der Waals surface area contributed by atoms with E-state index in [-0.39, 0.29) is 0 Å². The van der Waals surface area contributed by atoms with E-state index in [1.54, 1.807) is 18.2 Å². The zero-order chi connectivity index (χ0) is 12.4. The maximum atomic E-state index is 12.3. The Balaban J connectivity index is 2.42. The van der Waals surface area contributed by atoms with Crippen molar-refractivity contribution < 1.29 is 8.78 Å². The standard InChI is InChI=1S/C10H11F2N5/c1-6-4-7(13)2-3-8(6)10-14-15-16-17(10)5-9(11)12/h2-4,9H,5,13H2,1H3. The largest absolute Gasteiger partial charge is 0.399 e. The summed E-state index contributed by atoms with van der Waals surface area (Å²) >= 11 is 0. The van der Waals surface area contributed by atoms with Crippen LogP contribution in [-0.4, -0.2) is 26.6 Å². The van der Waals surface area contributed by atoms with E-state index in [1.165, 1.54) is 0 Å². The second-order valence-corrected chi connectivity index (χ2v) is 3.65. The number of alkyl halides is 2. The van der Waals surface area contributed by atoms with E-state index in [2.05, 4.69) is 15.5 Å². The van der Waals surface area contributed by atoms with Crippen LogP contribution in [0.15, 0.2) is 18.2 Å². The van der Waals surface area contributed by atoms with Crippen molar-refractivity contribution in [3.8, 4) is 11.4 Å². The molecule has 2 N–H and O–H groups in total. The first-order valence-electron chi connectivity index (χ1n) is 4.98. The smallest absolute Gasteiger partial charge is 0.258 e. The van der Waals surface area contributed by atoms with Gasteiger partial charge >= 0.3 is 0 Å². The van der Waals surface area contributed by atoms with Gasteiger partial charge in [0.25, 0.3) is 6.43 Å². The van der Waals surface area contributed by atoms with Gasteiger partial charge in [-0.15, -0.1) is 5.10 Å². The van der Waals surface area contributed by atoms with Crippen LogP contribution in [0, 0.1) is 6.92 Å². The number of benzene rings is 1. The molecule has 0 spiro atoms. The highest BCUT2D eigenvalue weighted by molar-refractivity contribution is 5.63. The molecule has 0 saturated carbocycles. The number of anilines is 1. The molecule has 2 aromatic rings. The average Bonchev–Trinajstić information content (AvgIpc) is 2.65. The highest BCUT2D eigenvalue weighted by Crippen LogP contribution is 2.22. The SMILES string of the molecule is Cc1cc(N)ccc1-c1nnnn1CC(F)F. The molecule has 0 amide bonds. The number of tetrazole rings is 1. The van der Waals surface area contributed by atoms with E-state index in [9.17, 15) is 8.78 Å². The quantitative estimate of drug-likeness (QED) is 0.824. The second kappa shape index (κ2) is 4.44. The Morgan fingerprint density at radius 2 is 2.18 bits per heavy atom. The Labute approximate surface area is 96.2 Å². The van der Waals surface area contributed by atoms with Crippen molar-refractivity contribution in [3.05, 3.63) is 23.8 Å². The van der Waals surface area contributed by atoms with Gasteiger partial charge < -0.3 is 5.73 Å². The molecule has 0 atom stereocenters. The fraction of sp³-hybridized carbons (Fsp3) is 0.300. The predicted molar refractivity (Wildman–Crippen MR) is 58.4 cm³/mol. The van der Waals surface area contributed by atoms with Crippen LogP contribution < -0.4 is 5.73 Å². The molecule has 17 heavy (non-hydrogen) atoms. The lowest BCUT2D eigenvalue weighted by atomic mass is 10.1. The number of nitrogens with zero attached hydrogens (tertiary/aromatic N) is 4. The molecular formula is C10H11F2N5. The molecule has 0 radical (unpaired) electrons. The molecule has 0 bridgehead atoms. The second-order valence-electron chi connectivity index (χ2n) is 3.65. The van der Waals surface area contributed by atoms with Crippen molar-refractivity contribution >= 4 is 5.69 Å². The maximum absolute atomic E-state index is 12.3. The third-order valence-corrected chi connectivity index (χ3v) is 2.33. The molecule has 0 unspecified atom stereocenters. The van der Waals surface area contributed by atoms with Gasteiger partial charge in [-0.3, -0.25) is 0 Å². The summed E-state index contributed by atoms with van der Waals surface area (Å²) in [4.78, 5) is 0. The summed E-state index contributed by atoms with van der Waals surface area (Å²) in [6.07, 6.45) is -2.49. The van der Waals surface area contributed by atoms with Gasteiger partial charge in [0.15, 0.2) is 5.82 Å². The molecule has 1 aromatic heterocycles. The number of aromatic nitrogens is 4. The number of nitrogen functional groups attached to an aromatic ring is 1. The van der Waals surface area contributed by atoms with Crippen molar-refractivity contribution in [2.75, 3.05) is 5.73 Å². The molecule has 2 rings (SSSR count). The molecule has 1 aromatic carbocycles. The van der Waals surface area contributed by atoms with Crippen molar-refractivity contribution in [1.82, 2.24) is 20.2 Å². The van der Waals surface area contributed by atoms with Crippen LogP contribution in [0.5, 0.6) is 0 Å². The summed E-state index contributed by atoms with van der Waals surface area (Å²) in [5.74, 6) is 0.322. The van der Waals surface area contributed by atoms with E-state index in [4.69, 9.17) is 5.73 Å². The van der Waals surface area contributed by atoms with E-state index in [0.717, 1.165) is 10.2 Å². The molecule has 0 saturated heterocycles. The Hall–Kier alpha value is -2.05. The number of hydrogen-bond donors (Lipinski definition) is 1. The van der Waals surface area contributed by atoms with Crippen molar-refractivity contribution in [1.29, 1.82) is 0 Å². The van der Waals surface area contributed by atoms with Crippen LogP contribution in [-0.2, 0) is 6.54 Å². The Morgan fingerprint density at radius 3 is 2.82 bits per heavy atom. The van der Waals surface area contributed by atoms with E-state index in [0.29, 0.717) is 17.1 Å². The topological polar surface area (TPSA) is 69.6 Å². The van der Waals surface area contributed by atoms with Gasteiger partial charge in [-0.1, -0.05) is 0 Å². The first-order chi connectivity index (χ1) is 8.08. The van der Waals surface area contributed by atoms with Crippen molar-refractivity contribution in [3.63, 3.8) is 0 Å². The fourth-order valence-corrected chi connectivity index (χ4v) is 1.59. The zero-order valence-corrected chi connectivity index (χ0v) is 9.14. The van der Waals surface area contributed by atoms with Crippen LogP contribution >= 0.6 is 0 Å². The predicted octanol–water partition coefficient (Wildman–Crippen LogP) is 1.50. The van der Waals surface area contributed by atoms with Gasteiger partial charge in [0.05, 0.1) is 0 Å². The van der Waals surface area contributed by atoms with Crippen molar-refractivity contribution in [2.24, 2.45) is 0 Å². The highest BCUT2D eigenvalue weighted by atomic mass is 19.3. The number of halogens is 2. The first-order valence-corrected chi connectivity index (χ1v) is 4.98. The third kappa shape index (κ3) is 2.38. The first kappa shape index (κ1) is 11.4.